The second-order valence-electron chi connectivity index (χ2n) is 1.60. The molecule has 0 aliphatic carbocycles. The molecule has 0 aromatic carbocycles. The summed E-state index contributed by atoms with van der Waals surface area (Å²) in [6.07, 6.45) is 4.38. The molecule has 9 heavy (non-hydrogen) atoms. The van der Waals surface area contributed by atoms with E-state index in [9.17, 15) is 0 Å². The standard InChI is InChI=1S/C5H9N3.Ca.2H/c6-2-1-5-3-7-4-8-5;;;/h3-4H,1-2,6H2,(H,7,8);;;. The first kappa shape index (κ1) is 9.43. The van der Waals surface area contributed by atoms with E-state index in [0.29, 0.717) is 6.54 Å². The molecule has 0 bridgehead atoms. The van der Waals surface area contributed by atoms with E-state index in [1.165, 1.54) is 0 Å². The van der Waals surface area contributed by atoms with Crippen molar-refractivity contribution in [2.45, 2.75) is 6.42 Å². The summed E-state index contributed by atoms with van der Waals surface area (Å²) < 4.78 is 0. The number of nitrogens with two attached hydrogens (primary N) is 1. The molecule has 1 aromatic heterocycles. The molecule has 3 N–H and O–H groups in total. The Bertz CT molecular complexity index is 138. The molecular formula is C5H11CaN3. The minimum atomic E-state index is 0. The molecule has 0 saturated heterocycles. The molecule has 0 unspecified atom stereocenters. The van der Waals surface area contributed by atoms with Crippen molar-refractivity contribution >= 4 is 37.7 Å². The summed E-state index contributed by atoms with van der Waals surface area (Å²) in [5.74, 6) is 0. The van der Waals surface area contributed by atoms with Gasteiger partial charge >= 0.3 is 37.7 Å². The summed E-state index contributed by atoms with van der Waals surface area (Å²) in [7, 11) is 0. The maximum absolute atomic E-state index is 5.27. The molecule has 1 heterocycles. The summed E-state index contributed by atoms with van der Waals surface area (Å²) in [6.45, 7) is 0.671. The fourth-order valence-electron chi connectivity index (χ4n) is 0.576. The van der Waals surface area contributed by atoms with Crippen molar-refractivity contribution in [1.82, 2.24) is 9.97 Å². The predicted octanol–water partition coefficient (Wildman–Crippen LogP) is -1.01. The molecule has 48 valence electrons. The number of rotatable bonds is 2. The Morgan fingerprint density at radius 3 is 2.89 bits per heavy atom. The van der Waals surface area contributed by atoms with E-state index >= 15 is 0 Å². The second kappa shape index (κ2) is 5.23. The number of aromatic nitrogens is 2. The van der Waals surface area contributed by atoms with Crippen LogP contribution in [0.1, 0.15) is 5.69 Å². The van der Waals surface area contributed by atoms with Gasteiger partial charge in [-0.1, -0.05) is 0 Å². The van der Waals surface area contributed by atoms with Gasteiger partial charge in [0.1, 0.15) is 0 Å². The number of hydrogen-bond donors (Lipinski definition) is 2. The maximum atomic E-state index is 5.27. The molecule has 0 aliphatic rings. The van der Waals surface area contributed by atoms with Crippen LogP contribution in [0.2, 0.25) is 0 Å². The van der Waals surface area contributed by atoms with Crippen LogP contribution in [0, 0.1) is 0 Å². The van der Waals surface area contributed by atoms with Crippen LogP contribution in [0.5, 0.6) is 0 Å². The van der Waals surface area contributed by atoms with Crippen molar-refractivity contribution < 1.29 is 0 Å². The number of nitrogens with zero attached hydrogens (tertiary/aromatic N) is 1. The Hall–Kier alpha value is 0.430. The van der Waals surface area contributed by atoms with Gasteiger partial charge in [0.25, 0.3) is 0 Å². The number of hydrogen-bond acceptors (Lipinski definition) is 2. The zero-order chi connectivity index (χ0) is 5.82. The van der Waals surface area contributed by atoms with E-state index in [0.717, 1.165) is 12.1 Å². The van der Waals surface area contributed by atoms with Gasteiger partial charge in [-0.15, -0.1) is 0 Å². The molecule has 1 aromatic rings. The van der Waals surface area contributed by atoms with Crippen molar-refractivity contribution in [2.75, 3.05) is 6.54 Å². The molecular weight excluding hydrogens is 142 g/mol. The molecule has 0 saturated carbocycles. The van der Waals surface area contributed by atoms with Crippen LogP contribution in [0.3, 0.4) is 0 Å². The molecule has 1 rings (SSSR count). The Morgan fingerprint density at radius 2 is 2.44 bits per heavy atom. The summed E-state index contributed by atoms with van der Waals surface area (Å²) >= 11 is 0. The predicted molar refractivity (Wildman–Crippen MR) is 39.9 cm³/mol. The van der Waals surface area contributed by atoms with Crippen LogP contribution < -0.4 is 5.73 Å². The van der Waals surface area contributed by atoms with Crippen molar-refractivity contribution in [3.05, 3.63) is 18.2 Å². The Balaban J connectivity index is 0.000000640. The molecule has 3 nitrogen and oxygen atoms in total. The van der Waals surface area contributed by atoms with Gasteiger partial charge in [-0.3, -0.25) is 0 Å². The van der Waals surface area contributed by atoms with Gasteiger partial charge in [-0.05, 0) is 6.54 Å². The molecule has 0 aliphatic heterocycles. The molecule has 0 radical (unpaired) electrons. The molecule has 0 fully saturated rings. The number of nitrogens with one attached hydrogen (secondary N) is 1. The third-order valence-electron chi connectivity index (χ3n) is 0.955. The van der Waals surface area contributed by atoms with Gasteiger partial charge in [-0.2, -0.15) is 0 Å². The molecule has 0 spiro atoms. The topological polar surface area (TPSA) is 54.7 Å². The monoisotopic (exact) mass is 153 g/mol. The SMILES string of the molecule is NCCc1c[nH]cn1.[CaH2]. The van der Waals surface area contributed by atoms with Gasteiger partial charge in [0, 0.05) is 12.6 Å². The third kappa shape index (κ3) is 3.20. The van der Waals surface area contributed by atoms with Crippen molar-refractivity contribution in [3.63, 3.8) is 0 Å². The first-order chi connectivity index (χ1) is 3.93. The van der Waals surface area contributed by atoms with Crippen LogP contribution in [-0.4, -0.2) is 54.3 Å². The molecule has 0 amide bonds. The van der Waals surface area contributed by atoms with Crippen LogP contribution >= 0.6 is 0 Å². The Morgan fingerprint density at radius 1 is 1.67 bits per heavy atom. The first-order valence-electron chi connectivity index (χ1n) is 2.61. The van der Waals surface area contributed by atoms with Gasteiger partial charge in [-0.25, -0.2) is 4.98 Å². The van der Waals surface area contributed by atoms with Gasteiger partial charge < -0.3 is 10.7 Å². The van der Waals surface area contributed by atoms with E-state index in [-0.39, 0.29) is 37.7 Å². The number of aromatic amines is 1. The Labute approximate surface area is 84.0 Å². The summed E-state index contributed by atoms with van der Waals surface area (Å²) in [4.78, 5) is 6.82. The molecule has 0 atom stereocenters. The first-order valence-corrected chi connectivity index (χ1v) is 2.61. The average Bonchev–Trinajstić information content (AvgIpc) is 2.19. The van der Waals surface area contributed by atoms with Crippen LogP contribution in [0.15, 0.2) is 12.5 Å². The fraction of sp³-hybridized carbons (Fsp3) is 0.400. The van der Waals surface area contributed by atoms with Crippen LogP contribution in [0.25, 0.3) is 0 Å². The van der Waals surface area contributed by atoms with Crippen molar-refractivity contribution in [1.29, 1.82) is 0 Å². The summed E-state index contributed by atoms with van der Waals surface area (Å²) in [5, 5.41) is 0. The normalized spacial score (nSPS) is 8.56. The molecule has 4 heteroatoms. The fourth-order valence-corrected chi connectivity index (χ4v) is 0.576. The Kier molecular flexibility index (Phi) is 5.48. The van der Waals surface area contributed by atoms with Gasteiger partial charge in [0.05, 0.1) is 12.0 Å². The van der Waals surface area contributed by atoms with E-state index in [2.05, 4.69) is 9.97 Å². The summed E-state index contributed by atoms with van der Waals surface area (Å²) in [5.41, 5.74) is 6.30. The number of H-pyrrole nitrogens is 1. The van der Waals surface area contributed by atoms with E-state index in [1.54, 1.807) is 6.33 Å². The minimum absolute atomic E-state index is 0. The average molecular weight is 153 g/mol. The van der Waals surface area contributed by atoms with Crippen molar-refractivity contribution in [2.24, 2.45) is 5.73 Å². The number of imidazole rings is 1. The summed E-state index contributed by atoms with van der Waals surface area (Å²) in [6, 6.07) is 0. The zero-order valence-electron chi connectivity index (χ0n) is 4.59. The third-order valence-corrected chi connectivity index (χ3v) is 0.955. The van der Waals surface area contributed by atoms with E-state index in [4.69, 9.17) is 5.73 Å². The second-order valence-corrected chi connectivity index (χ2v) is 1.60. The van der Waals surface area contributed by atoms with Gasteiger partial charge in [0.15, 0.2) is 0 Å². The van der Waals surface area contributed by atoms with Crippen molar-refractivity contribution in [3.8, 4) is 0 Å². The van der Waals surface area contributed by atoms with Gasteiger partial charge in [0.2, 0.25) is 0 Å². The zero-order valence-corrected chi connectivity index (χ0v) is 4.59. The van der Waals surface area contributed by atoms with E-state index in [1.807, 2.05) is 6.20 Å². The van der Waals surface area contributed by atoms with E-state index < -0.39 is 0 Å². The van der Waals surface area contributed by atoms with Crippen LogP contribution in [-0.2, 0) is 6.42 Å². The van der Waals surface area contributed by atoms with Crippen LogP contribution in [0.4, 0.5) is 0 Å². The quantitative estimate of drug-likeness (QED) is 0.535.